The molecule has 0 fully saturated rings. The fraction of sp³-hybridized carbons (Fsp3) is 0.364. The second-order valence-corrected chi connectivity index (χ2v) is 3.34. The fourth-order valence-electron chi connectivity index (χ4n) is 1.36. The van der Waals surface area contributed by atoms with Gasteiger partial charge in [0, 0.05) is 0 Å². The van der Waals surface area contributed by atoms with E-state index in [9.17, 15) is 13.6 Å². The van der Waals surface area contributed by atoms with Crippen LogP contribution in [-0.4, -0.2) is 11.1 Å². The van der Waals surface area contributed by atoms with Crippen molar-refractivity contribution in [2.24, 2.45) is 0 Å². The molecule has 0 radical (unpaired) electrons. The largest absolute Gasteiger partial charge is 0.477 e. The van der Waals surface area contributed by atoms with Crippen LogP contribution in [0.25, 0.3) is 0 Å². The maximum absolute atomic E-state index is 13.2. The highest BCUT2D eigenvalue weighted by molar-refractivity contribution is 5.88. The maximum Gasteiger partial charge on any atom is 0.341 e. The number of unbranched alkanes of at least 4 members (excludes halogenated alkanes) is 1. The molecule has 0 saturated heterocycles. The number of carbonyl (C=O) groups is 1. The number of hydrogen-bond acceptors (Lipinski definition) is 1. The summed E-state index contributed by atoms with van der Waals surface area (Å²) in [5.41, 5.74) is -0.382. The third kappa shape index (κ3) is 2.75. The Labute approximate surface area is 86.5 Å². The van der Waals surface area contributed by atoms with Gasteiger partial charge in [0.1, 0.15) is 17.2 Å². The number of benzene rings is 1. The van der Waals surface area contributed by atoms with E-state index in [2.05, 4.69) is 0 Å². The van der Waals surface area contributed by atoms with Gasteiger partial charge in [0.05, 0.1) is 0 Å². The summed E-state index contributed by atoms with van der Waals surface area (Å²) in [6.45, 7) is 1.97. The molecular formula is C11H12F2O2. The Morgan fingerprint density at radius 1 is 1.33 bits per heavy atom. The third-order valence-corrected chi connectivity index (χ3v) is 2.13. The zero-order valence-electron chi connectivity index (χ0n) is 8.39. The fourth-order valence-corrected chi connectivity index (χ4v) is 1.36. The lowest BCUT2D eigenvalue weighted by Gasteiger charge is -2.04. The molecule has 1 aromatic rings. The van der Waals surface area contributed by atoms with Crippen LogP contribution in [0.4, 0.5) is 8.78 Å². The molecule has 0 saturated carbocycles. The quantitative estimate of drug-likeness (QED) is 0.836. The molecule has 0 aliphatic rings. The first-order valence-electron chi connectivity index (χ1n) is 4.77. The molecule has 0 atom stereocenters. The van der Waals surface area contributed by atoms with Gasteiger partial charge in [0.2, 0.25) is 0 Å². The molecule has 0 spiro atoms. The van der Waals surface area contributed by atoms with Crippen LogP contribution in [0.3, 0.4) is 0 Å². The first-order chi connectivity index (χ1) is 7.06. The molecular weight excluding hydrogens is 202 g/mol. The Balaban J connectivity index is 3.03. The average Bonchev–Trinajstić information content (AvgIpc) is 2.12. The highest BCUT2D eigenvalue weighted by Crippen LogP contribution is 2.16. The Bertz CT molecular complexity index is 352. The monoisotopic (exact) mass is 214 g/mol. The zero-order chi connectivity index (χ0) is 11.4. The van der Waals surface area contributed by atoms with Crippen molar-refractivity contribution >= 4 is 5.97 Å². The minimum absolute atomic E-state index is 0.497. The Morgan fingerprint density at radius 3 is 2.27 bits per heavy atom. The normalized spacial score (nSPS) is 10.3. The number of aryl methyl sites for hydroxylation is 1. The summed E-state index contributed by atoms with van der Waals surface area (Å²) < 4.78 is 26.3. The van der Waals surface area contributed by atoms with Gasteiger partial charge in [-0.3, -0.25) is 0 Å². The van der Waals surface area contributed by atoms with Crippen molar-refractivity contribution in [3.63, 3.8) is 0 Å². The molecule has 0 aliphatic carbocycles. The number of carboxylic acids is 1. The van der Waals surface area contributed by atoms with Gasteiger partial charge in [0.25, 0.3) is 0 Å². The van der Waals surface area contributed by atoms with Crippen molar-refractivity contribution in [2.75, 3.05) is 0 Å². The van der Waals surface area contributed by atoms with Gasteiger partial charge in [-0.25, -0.2) is 13.6 Å². The average molecular weight is 214 g/mol. The van der Waals surface area contributed by atoms with E-state index in [1.807, 2.05) is 6.92 Å². The third-order valence-electron chi connectivity index (χ3n) is 2.13. The lowest BCUT2D eigenvalue weighted by Crippen LogP contribution is -2.05. The van der Waals surface area contributed by atoms with E-state index < -0.39 is 23.2 Å². The highest BCUT2D eigenvalue weighted by Gasteiger charge is 2.17. The first kappa shape index (κ1) is 11.6. The van der Waals surface area contributed by atoms with Crippen molar-refractivity contribution in [3.05, 3.63) is 34.9 Å². The zero-order valence-corrected chi connectivity index (χ0v) is 8.39. The summed E-state index contributed by atoms with van der Waals surface area (Å²) in [6.07, 6.45) is 2.31. The van der Waals surface area contributed by atoms with Crippen LogP contribution < -0.4 is 0 Å². The first-order valence-corrected chi connectivity index (χ1v) is 4.77. The van der Waals surface area contributed by atoms with Crippen LogP contribution in [0.1, 0.15) is 35.7 Å². The standard InChI is InChI=1S/C11H12F2O2/c1-2-3-4-7-5-8(12)10(11(14)15)9(13)6-7/h5-6H,2-4H2,1H3,(H,14,15). The van der Waals surface area contributed by atoms with Crippen molar-refractivity contribution < 1.29 is 18.7 Å². The lowest BCUT2D eigenvalue weighted by atomic mass is 10.1. The molecule has 15 heavy (non-hydrogen) atoms. The maximum atomic E-state index is 13.2. The van der Waals surface area contributed by atoms with Gasteiger partial charge in [-0.05, 0) is 30.5 Å². The van der Waals surface area contributed by atoms with Gasteiger partial charge >= 0.3 is 5.97 Å². The Hall–Kier alpha value is -1.45. The van der Waals surface area contributed by atoms with E-state index in [1.54, 1.807) is 0 Å². The van der Waals surface area contributed by atoms with Gasteiger partial charge in [-0.1, -0.05) is 13.3 Å². The molecule has 0 amide bonds. The van der Waals surface area contributed by atoms with Crippen LogP contribution in [0.15, 0.2) is 12.1 Å². The van der Waals surface area contributed by atoms with E-state index in [4.69, 9.17) is 5.11 Å². The second kappa shape index (κ2) is 4.87. The van der Waals surface area contributed by atoms with Crippen molar-refractivity contribution in [3.8, 4) is 0 Å². The number of aromatic carboxylic acids is 1. The summed E-state index contributed by atoms with van der Waals surface area (Å²) in [6, 6.07) is 2.17. The minimum atomic E-state index is -1.58. The summed E-state index contributed by atoms with van der Waals surface area (Å²) in [4.78, 5) is 10.5. The van der Waals surface area contributed by atoms with Gasteiger partial charge in [-0.15, -0.1) is 0 Å². The van der Waals surface area contributed by atoms with Crippen LogP contribution in [-0.2, 0) is 6.42 Å². The summed E-state index contributed by atoms with van der Waals surface area (Å²) in [5.74, 6) is -3.59. The van der Waals surface area contributed by atoms with E-state index in [1.165, 1.54) is 0 Å². The van der Waals surface area contributed by atoms with Gasteiger partial charge in [-0.2, -0.15) is 0 Å². The molecule has 82 valence electrons. The van der Waals surface area contributed by atoms with E-state index >= 15 is 0 Å². The van der Waals surface area contributed by atoms with Crippen LogP contribution in [0.2, 0.25) is 0 Å². The molecule has 1 rings (SSSR count). The lowest BCUT2D eigenvalue weighted by molar-refractivity contribution is 0.0686. The summed E-state index contributed by atoms with van der Waals surface area (Å²) in [5, 5.41) is 8.53. The molecule has 2 nitrogen and oxygen atoms in total. The number of rotatable bonds is 4. The number of halogens is 2. The topological polar surface area (TPSA) is 37.3 Å². The van der Waals surface area contributed by atoms with Crippen LogP contribution >= 0.6 is 0 Å². The van der Waals surface area contributed by atoms with E-state index in [-0.39, 0.29) is 0 Å². The van der Waals surface area contributed by atoms with E-state index in [0.29, 0.717) is 12.0 Å². The molecule has 0 heterocycles. The van der Waals surface area contributed by atoms with Crippen molar-refractivity contribution in [1.29, 1.82) is 0 Å². The van der Waals surface area contributed by atoms with Crippen molar-refractivity contribution in [1.82, 2.24) is 0 Å². The predicted octanol–water partition coefficient (Wildman–Crippen LogP) is 3.01. The van der Waals surface area contributed by atoms with Gasteiger partial charge < -0.3 is 5.11 Å². The summed E-state index contributed by atoms with van der Waals surface area (Å²) >= 11 is 0. The predicted molar refractivity (Wildman–Crippen MR) is 51.9 cm³/mol. The Morgan fingerprint density at radius 2 is 1.87 bits per heavy atom. The van der Waals surface area contributed by atoms with Gasteiger partial charge in [0.15, 0.2) is 0 Å². The molecule has 1 aromatic carbocycles. The van der Waals surface area contributed by atoms with Crippen LogP contribution in [0.5, 0.6) is 0 Å². The molecule has 0 aliphatic heterocycles. The van der Waals surface area contributed by atoms with Crippen LogP contribution in [0, 0.1) is 11.6 Å². The minimum Gasteiger partial charge on any atom is -0.477 e. The highest BCUT2D eigenvalue weighted by atomic mass is 19.1. The van der Waals surface area contributed by atoms with Crippen molar-refractivity contribution in [2.45, 2.75) is 26.2 Å². The summed E-state index contributed by atoms with van der Waals surface area (Å²) in [7, 11) is 0. The molecule has 4 heteroatoms. The molecule has 0 bridgehead atoms. The van der Waals surface area contributed by atoms with E-state index in [0.717, 1.165) is 25.0 Å². The smallest absolute Gasteiger partial charge is 0.341 e. The Kier molecular flexibility index (Phi) is 3.77. The SMILES string of the molecule is CCCCc1cc(F)c(C(=O)O)c(F)c1. The second-order valence-electron chi connectivity index (χ2n) is 3.34. The number of carboxylic acid groups (broad SMARTS) is 1. The molecule has 0 aromatic heterocycles. The number of hydrogen-bond donors (Lipinski definition) is 1. The molecule has 0 unspecified atom stereocenters. The molecule has 1 N–H and O–H groups in total.